The first-order valence-corrected chi connectivity index (χ1v) is 3.77. The molecule has 68 valence electrons. The fraction of sp³-hybridized carbons (Fsp3) is 0.778. The van der Waals surface area contributed by atoms with Gasteiger partial charge in [-0.05, 0) is 25.8 Å². The molecule has 0 aromatic carbocycles. The summed E-state index contributed by atoms with van der Waals surface area (Å²) in [6, 6.07) is 0. The quantitative estimate of drug-likeness (QED) is 0.539. The van der Waals surface area contributed by atoms with Gasteiger partial charge in [0.1, 0.15) is 7.05 Å². The molecule has 0 amide bonds. The Morgan fingerprint density at radius 2 is 2.08 bits per heavy atom. The maximum Gasteiger partial charge on any atom is 0.315 e. The zero-order valence-corrected chi connectivity index (χ0v) is 7.84. The summed E-state index contributed by atoms with van der Waals surface area (Å²) in [4.78, 5) is 3.82. The van der Waals surface area contributed by atoms with Gasteiger partial charge in [0.2, 0.25) is 0 Å². The van der Waals surface area contributed by atoms with Crippen molar-refractivity contribution in [2.75, 3.05) is 0 Å². The summed E-state index contributed by atoms with van der Waals surface area (Å²) in [7, 11) is 1.51. The van der Waals surface area contributed by atoms with Gasteiger partial charge in [-0.25, -0.2) is 0 Å². The molecule has 0 N–H and O–H groups in total. The molecule has 0 aliphatic rings. The van der Waals surface area contributed by atoms with Crippen LogP contribution in [0.3, 0.4) is 0 Å². The smallest absolute Gasteiger partial charge is 0.173 e. The first-order valence-electron chi connectivity index (χ1n) is 6.77. The molecule has 0 fully saturated rings. The van der Waals surface area contributed by atoms with Gasteiger partial charge in [-0.3, -0.25) is 0 Å². The highest BCUT2D eigenvalue weighted by Gasteiger charge is 2.25. The lowest BCUT2D eigenvalue weighted by atomic mass is 10.1. The molecule has 0 saturated carbocycles. The standard InChI is InChI=1S/C9H18N3/c1-7-10-8(2)12(11(7)6)9(3,4)5/h1-6H3/q+1/i1D3,2D3. The van der Waals surface area contributed by atoms with Crippen molar-refractivity contribution in [3.05, 3.63) is 11.6 Å². The summed E-state index contributed by atoms with van der Waals surface area (Å²) in [5, 5.41) is 0. The average molecular weight is 174 g/mol. The maximum absolute atomic E-state index is 7.46. The summed E-state index contributed by atoms with van der Waals surface area (Å²) in [6.07, 6.45) is 0. The van der Waals surface area contributed by atoms with E-state index < -0.39 is 19.2 Å². The molecule has 1 aromatic heterocycles. The third kappa shape index (κ3) is 1.36. The number of rotatable bonds is 0. The van der Waals surface area contributed by atoms with Gasteiger partial charge in [-0.2, -0.15) is 9.36 Å². The Kier molecular flexibility index (Phi) is 0.836. The van der Waals surface area contributed by atoms with Crippen LogP contribution in [0.5, 0.6) is 0 Å². The number of aryl methyl sites for hydroxylation is 2. The predicted molar refractivity (Wildman–Crippen MR) is 47.9 cm³/mol. The Bertz CT molecular complexity index is 449. The van der Waals surface area contributed by atoms with Crippen LogP contribution in [0.15, 0.2) is 0 Å². The number of nitrogens with zero attached hydrogens (tertiary/aromatic N) is 3. The molecular weight excluding hydrogens is 150 g/mol. The fourth-order valence-electron chi connectivity index (χ4n) is 1.22. The van der Waals surface area contributed by atoms with Crippen LogP contribution in [-0.4, -0.2) is 9.67 Å². The van der Waals surface area contributed by atoms with E-state index in [1.165, 1.54) is 16.4 Å². The minimum atomic E-state index is -2.45. The number of aromatic nitrogens is 3. The summed E-state index contributed by atoms with van der Waals surface area (Å²) in [6.45, 7) is 0.507. The highest BCUT2D eigenvalue weighted by molar-refractivity contribution is 4.85. The van der Waals surface area contributed by atoms with Crippen LogP contribution in [0.25, 0.3) is 0 Å². The van der Waals surface area contributed by atoms with Crippen LogP contribution in [0.4, 0.5) is 0 Å². The lowest BCUT2D eigenvalue weighted by molar-refractivity contribution is -0.766. The molecular formula is C9H18N3+. The second-order valence-corrected chi connectivity index (χ2v) is 3.77. The van der Waals surface area contributed by atoms with E-state index in [2.05, 4.69) is 4.98 Å². The van der Waals surface area contributed by atoms with Crippen molar-refractivity contribution in [2.45, 2.75) is 40.0 Å². The van der Waals surface area contributed by atoms with E-state index in [-0.39, 0.29) is 11.6 Å². The Morgan fingerprint density at radius 1 is 1.42 bits per heavy atom. The fourth-order valence-corrected chi connectivity index (χ4v) is 1.22. The summed E-state index contributed by atoms with van der Waals surface area (Å²) < 4.78 is 47.2. The molecule has 12 heavy (non-hydrogen) atoms. The van der Waals surface area contributed by atoms with Crippen molar-refractivity contribution in [1.82, 2.24) is 9.67 Å². The molecule has 3 nitrogen and oxygen atoms in total. The van der Waals surface area contributed by atoms with Crippen molar-refractivity contribution >= 4 is 0 Å². The van der Waals surface area contributed by atoms with Gasteiger partial charge in [0, 0.05) is 21.9 Å². The van der Waals surface area contributed by atoms with E-state index >= 15 is 0 Å². The van der Waals surface area contributed by atoms with Gasteiger partial charge in [-0.15, -0.1) is 0 Å². The molecule has 0 aliphatic heterocycles. The lowest BCUT2D eigenvalue weighted by Gasteiger charge is -2.19. The Balaban J connectivity index is 3.63. The minimum Gasteiger partial charge on any atom is -0.173 e. The van der Waals surface area contributed by atoms with Gasteiger partial charge < -0.3 is 0 Å². The normalized spacial score (nSPS) is 21.7. The van der Waals surface area contributed by atoms with Crippen LogP contribution >= 0.6 is 0 Å². The highest BCUT2D eigenvalue weighted by Crippen LogP contribution is 2.12. The second-order valence-electron chi connectivity index (χ2n) is 3.77. The first-order chi connectivity index (χ1) is 7.76. The average Bonchev–Trinajstić information content (AvgIpc) is 2.39. The first kappa shape index (κ1) is 3.90. The van der Waals surface area contributed by atoms with Crippen molar-refractivity contribution < 1.29 is 12.9 Å². The monoisotopic (exact) mass is 174 g/mol. The molecule has 0 bridgehead atoms. The van der Waals surface area contributed by atoms with E-state index in [4.69, 9.17) is 8.22 Å². The Labute approximate surface area is 82.5 Å². The number of hydrogen-bond acceptors (Lipinski definition) is 1. The summed E-state index contributed by atoms with van der Waals surface area (Å²) >= 11 is 0. The van der Waals surface area contributed by atoms with Crippen LogP contribution in [-0.2, 0) is 12.6 Å². The third-order valence-electron chi connectivity index (χ3n) is 1.65. The number of hydrogen-bond donors (Lipinski definition) is 0. The van der Waals surface area contributed by atoms with Crippen LogP contribution in [0, 0.1) is 13.7 Å². The molecule has 1 rings (SSSR count). The van der Waals surface area contributed by atoms with Gasteiger partial charge in [-0.1, -0.05) is 0 Å². The molecule has 0 radical (unpaired) electrons. The molecule has 3 heteroatoms. The van der Waals surface area contributed by atoms with Crippen molar-refractivity contribution in [1.29, 1.82) is 0 Å². The summed E-state index contributed by atoms with van der Waals surface area (Å²) in [5.74, 6) is -0.424. The molecule has 0 saturated heterocycles. The van der Waals surface area contributed by atoms with Crippen LogP contribution < -0.4 is 4.68 Å². The molecule has 0 unspecified atom stereocenters. The molecule has 0 aliphatic carbocycles. The van der Waals surface area contributed by atoms with Crippen molar-refractivity contribution in [3.8, 4) is 0 Å². The van der Waals surface area contributed by atoms with Crippen LogP contribution in [0.1, 0.15) is 40.6 Å². The highest BCUT2D eigenvalue weighted by atomic mass is 15.5. The van der Waals surface area contributed by atoms with Gasteiger partial charge in [0.25, 0.3) is 5.82 Å². The predicted octanol–water partition coefficient (Wildman–Crippen LogP) is 1.08. The molecule has 1 heterocycles. The topological polar surface area (TPSA) is 21.7 Å². The zero-order valence-electron chi connectivity index (χ0n) is 13.8. The Hall–Kier alpha value is -0.860. The van der Waals surface area contributed by atoms with Crippen molar-refractivity contribution in [2.24, 2.45) is 7.05 Å². The second kappa shape index (κ2) is 2.57. The third-order valence-corrected chi connectivity index (χ3v) is 1.65. The van der Waals surface area contributed by atoms with E-state index in [0.29, 0.717) is 0 Å². The van der Waals surface area contributed by atoms with E-state index in [0.717, 1.165) is 0 Å². The lowest BCUT2D eigenvalue weighted by Crippen LogP contribution is -2.48. The largest absolute Gasteiger partial charge is 0.315 e. The van der Waals surface area contributed by atoms with Gasteiger partial charge >= 0.3 is 5.82 Å². The van der Waals surface area contributed by atoms with E-state index in [1.807, 2.05) is 0 Å². The molecule has 0 atom stereocenters. The van der Waals surface area contributed by atoms with E-state index in [9.17, 15) is 0 Å². The van der Waals surface area contributed by atoms with Crippen LogP contribution in [0.2, 0.25) is 0 Å². The van der Waals surface area contributed by atoms with Crippen molar-refractivity contribution in [3.63, 3.8) is 0 Å². The maximum atomic E-state index is 7.46. The molecule has 0 spiro atoms. The zero-order chi connectivity index (χ0) is 14.5. The SMILES string of the molecule is [2H]C([2H])([2H])c1nc(C([2H])([2H])[2H])[n+](C)n1C(C)(C)C. The van der Waals surface area contributed by atoms with Gasteiger partial charge in [0.05, 0.1) is 5.54 Å². The Morgan fingerprint density at radius 3 is 2.42 bits per heavy atom. The van der Waals surface area contributed by atoms with E-state index in [1.54, 1.807) is 20.8 Å². The molecule has 1 aromatic rings. The minimum absolute atomic E-state index is 0.205. The summed E-state index contributed by atoms with van der Waals surface area (Å²) in [5.41, 5.74) is -0.574. The van der Waals surface area contributed by atoms with Gasteiger partial charge in [0.15, 0.2) is 0 Å².